The first-order valence-electron chi connectivity index (χ1n) is 7.41. The third-order valence-electron chi connectivity index (χ3n) is 4.74. The third-order valence-corrected chi connectivity index (χ3v) is 6.04. The first kappa shape index (κ1) is 13.1. The summed E-state index contributed by atoms with van der Waals surface area (Å²) in [6.07, 6.45) is 8.06. The Balaban J connectivity index is 1.80. The monoisotopic (exact) mass is 279 g/mol. The van der Waals surface area contributed by atoms with Crippen LogP contribution >= 0.6 is 11.3 Å². The summed E-state index contributed by atoms with van der Waals surface area (Å²) in [5, 5.41) is 10.4. The van der Waals surface area contributed by atoms with Gasteiger partial charge in [0.15, 0.2) is 0 Å². The van der Waals surface area contributed by atoms with Gasteiger partial charge in [-0.25, -0.2) is 4.98 Å². The molecule has 0 bridgehead atoms. The molecule has 19 heavy (non-hydrogen) atoms. The molecule has 4 heteroatoms. The molecule has 0 aliphatic heterocycles. The number of carboxylic acids is 1. The molecule has 3 unspecified atom stereocenters. The fraction of sp³-hybridized carbons (Fsp3) is 0.733. The standard InChI is InChI=1S/C15H21NO2S/c1-2-9-4-3-5-10(8-9)14-16-13-11(15(17)18)6-7-12(13)19-14/h9-11H,2-8H2,1H3,(H,17,18). The van der Waals surface area contributed by atoms with Crippen molar-refractivity contribution in [3.63, 3.8) is 0 Å². The van der Waals surface area contributed by atoms with Gasteiger partial charge in [0, 0.05) is 10.8 Å². The van der Waals surface area contributed by atoms with E-state index in [1.54, 1.807) is 11.3 Å². The number of aryl methyl sites for hydroxylation is 1. The van der Waals surface area contributed by atoms with Gasteiger partial charge >= 0.3 is 5.97 Å². The number of hydrogen-bond acceptors (Lipinski definition) is 3. The van der Waals surface area contributed by atoms with E-state index in [1.807, 2.05) is 0 Å². The topological polar surface area (TPSA) is 50.2 Å². The molecule has 0 saturated heterocycles. The van der Waals surface area contributed by atoms with E-state index in [4.69, 9.17) is 4.98 Å². The molecule has 104 valence electrons. The van der Waals surface area contributed by atoms with Crippen LogP contribution in [0.15, 0.2) is 0 Å². The van der Waals surface area contributed by atoms with Crippen LogP contribution in [0.25, 0.3) is 0 Å². The Bertz CT molecular complexity index is 482. The van der Waals surface area contributed by atoms with Crippen LogP contribution in [0.2, 0.25) is 0 Å². The number of rotatable bonds is 3. The zero-order valence-electron chi connectivity index (χ0n) is 11.4. The molecule has 3 rings (SSSR count). The minimum Gasteiger partial charge on any atom is -0.481 e. The van der Waals surface area contributed by atoms with Crippen LogP contribution in [0.5, 0.6) is 0 Å². The third kappa shape index (κ3) is 2.42. The quantitative estimate of drug-likeness (QED) is 0.911. The Morgan fingerprint density at radius 2 is 2.26 bits per heavy atom. The maximum absolute atomic E-state index is 11.2. The molecule has 3 atom stereocenters. The molecule has 1 fully saturated rings. The van der Waals surface area contributed by atoms with Crippen LogP contribution in [0, 0.1) is 5.92 Å². The molecule has 0 amide bonds. The SMILES string of the molecule is CCC1CCCC(c2nc3c(s2)CCC3C(=O)O)C1. The number of carboxylic acid groups (broad SMARTS) is 1. The lowest BCUT2D eigenvalue weighted by Crippen LogP contribution is -2.14. The van der Waals surface area contributed by atoms with E-state index < -0.39 is 5.97 Å². The van der Waals surface area contributed by atoms with Crippen molar-refractivity contribution in [3.05, 3.63) is 15.6 Å². The molecular formula is C15H21NO2S. The molecule has 2 aliphatic carbocycles. The molecule has 1 saturated carbocycles. The lowest BCUT2D eigenvalue weighted by molar-refractivity contribution is -0.138. The average Bonchev–Trinajstić information content (AvgIpc) is 2.98. The van der Waals surface area contributed by atoms with Crippen LogP contribution in [-0.2, 0) is 11.2 Å². The average molecular weight is 279 g/mol. The lowest BCUT2D eigenvalue weighted by atomic mass is 9.80. The van der Waals surface area contributed by atoms with Gasteiger partial charge < -0.3 is 5.11 Å². The highest BCUT2D eigenvalue weighted by Gasteiger charge is 2.34. The van der Waals surface area contributed by atoms with E-state index in [0.29, 0.717) is 5.92 Å². The van der Waals surface area contributed by atoms with E-state index in [9.17, 15) is 9.90 Å². The summed E-state index contributed by atoms with van der Waals surface area (Å²) in [5.74, 6) is 0.382. The van der Waals surface area contributed by atoms with Crippen molar-refractivity contribution in [1.29, 1.82) is 0 Å². The van der Waals surface area contributed by atoms with Crippen molar-refractivity contribution >= 4 is 17.3 Å². The smallest absolute Gasteiger partial charge is 0.312 e. The molecule has 0 radical (unpaired) electrons. The Labute approximate surface area is 118 Å². The predicted molar refractivity (Wildman–Crippen MR) is 75.8 cm³/mol. The van der Waals surface area contributed by atoms with Crippen LogP contribution in [0.4, 0.5) is 0 Å². The maximum Gasteiger partial charge on any atom is 0.312 e. The van der Waals surface area contributed by atoms with Crippen molar-refractivity contribution < 1.29 is 9.90 Å². The summed E-state index contributed by atoms with van der Waals surface area (Å²) >= 11 is 1.79. The van der Waals surface area contributed by atoms with E-state index in [1.165, 1.54) is 42.0 Å². The predicted octanol–water partition coefficient (Wildman–Crippen LogP) is 3.94. The van der Waals surface area contributed by atoms with Gasteiger partial charge in [0.25, 0.3) is 0 Å². The molecule has 1 N–H and O–H groups in total. The van der Waals surface area contributed by atoms with E-state index in [0.717, 1.165) is 24.5 Å². The largest absolute Gasteiger partial charge is 0.481 e. The first-order valence-corrected chi connectivity index (χ1v) is 8.23. The van der Waals surface area contributed by atoms with Crippen molar-refractivity contribution in [2.24, 2.45) is 5.92 Å². The summed E-state index contributed by atoms with van der Waals surface area (Å²) in [6.45, 7) is 2.27. The number of carbonyl (C=O) groups is 1. The Kier molecular flexibility index (Phi) is 3.61. The summed E-state index contributed by atoms with van der Waals surface area (Å²) in [7, 11) is 0. The second kappa shape index (κ2) is 5.23. The zero-order chi connectivity index (χ0) is 13.4. The summed E-state index contributed by atoms with van der Waals surface area (Å²) in [4.78, 5) is 17.2. The van der Waals surface area contributed by atoms with Crippen molar-refractivity contribution in [2.45, 2.75) is 63.7 Å². The van der Waals surface area contributed by atoms with E-state index in [-0.39, 0.29) is 5.92 Å². The minimum absolute atomic E-state index is 0.342. The number of hydrogen-bond donors (Lipinski definition) is 1. The number of aromatic nitrogens is 1. The zero-order valence-corrected chi connectivity index (χ0v) is 12.2. The van der Waals surface area contributed by atoms with E-state index in [2.05, 4.69) is 6.92 Å². The lowest BCUT2D eigenvalue weighted by Gasteiger charge is -2.27. The highest BCUT2D eigenvalue weighted by Crippen LogP contribution is 2.43. The van der Waals surface area contributed by atoms with Gasteiger partial charge in [-0.2, -0.15) is 0 Å². The Hall–Kier alpha value is -0.900. The Morgan fingerprint density at radius 3 is 3.00 bits per heavy atom. The van der Waals surface area contributed by atoms with Crippen molar-refractivity contribution in [2.75, 3.05) is 0 Å². The summed E-state index contributed by atoms with van der Waals surface area (Å²) in [6, 6.07) is 0. The van der Waals surface area contributed by atoms with Crippen LogP contribution in [0.1, 0.15) is 72.9 Å². The van der Waals surface area contributed by atoms with Gasteiger partial charge in [0.1, 0.15) is 5.92 Å². The van der Waals surface area contributed by atoms with Gasteiger partial charge in [-0.05, 0) is 31.6 Å². The van der Waals surface area contributed by atoms with Crippen LogP contribution in [0.3, 0.4) is 0 Å². The second-order valence-electron chi connectivity index (χ2n) is 5.93. The molecule has 1 aromatic rings. The molecule has 0 aromatic carbocycles. The summed E-state index contributed by atoms with van der Waals surface area (Å²) in [5.41, 5.74) is 0.881. The van der Waals surface area contributed by atoms with Gasteiger partial charge in [0.05, 0.1) is 10.7 Å². The van der Waals surface area contributed by atoms with Crippen molar-refractivity contribution in [3.8, 4) is 0 Å². The number of aliphatic carboxylic acids is 1. The minimum atomic E-state index is -0.703. The maximum atomic E-state index is 11.2. The molecule has 3 nitrogen and oxygen atoms in total. The second-order valence-corrected chi connectivity index (χ2v) is 7.04. The normalized spacial score (nSPS) is 30.3. The van der Waals surface area contributed by atoms with Crippen LogP contribution in [-0.4, -0.2) is 16.1 Å². The molecular weight excluding hydrogens is 258 g/mol. The van der Waals surface area contributed by atoms with Gasteiger partial charge in [-0.3, -0.25) is 4.79 Å². The fourth-order valence-electron chi connectivity index (χ4n) is 3.55. The highest BCUT2D eigenvalue weighted by atomic mass is 32.1. The molecule has 1 heterocycles. The molecule has 1 aromatic heterocycles. The number of fused-ring (bicyclic) bond motifs is 1. The van der Waals surface area contributed by atoms with Gasteiger partial charge in [0.2, 0.25) is 0 Å². The number of thiazole rings is 1. The Morgan fingerprint density at radius 1 is 1.42 bits per heavy atom. The molecule has 0 spiro atoms. The van der Waals surface area contributed by atoms with Gasteiger partial charge in [-0.15, -0.1) is 11.3 Å². The fourth-order valence-corrected chi connectivity index (χ4v) is 4.84. The highest BCUT2D eigenvalue weighted by molar-refractivity contribution is 7.11. The van der Waals surface area contributed by atoms with Crippen LogP contribution < -0.4 is 0 Å². The summed E-state index contributed by atoms with van der Waals surface area (Å²) < 4.78 is 0. The first-order chi connectivity index (χ1) is 9.19. The number of nitrogens with zero attached hydrogens (tertiary/aromatic N) is 1. The van der Waals surface area contributed by atoms with E-state index >= 15 is 0 Å². The molecule has 2 aliphatic rings. The van der Waals surface area contributed by atoms with Gasteiger partial charge in [-0.1, -0.05) is 26.2 Å². The van der Waals surface area contributed by atoms with Crippen molar-refractivity contribution in [1.82, 2.24) is 4.98 Å².